The van der Waals surface area contributed by atoms with Crippen molar-refractivity contribution in [2.75, 3.05) is 0 Å². The predicted molar refractivity (Wildman–Crippen MR) is 92.9 cm³/mol. The van der Waals surface area contributed by atoms with Crippen molar-refractivity contribution in [2.45, 2.75) is 0 Å². The second-order valence-corrected chi connectivity index (χ2v) is 6.69. The van der Waals surface area contributed by atoms with Gasteiger partial charge in [0.05, 0.1) is 11.4 Å². The maximum Gasteiger partial charge on any atom is 0.251 e. The first-order valence-corrected chi connectivity index (χ1v) is 8.13. The van der Waals surface area contributed by atoms with E-state index in [1.54, 1.807) is 41.1 Å². The molecule has 0 saturated heterocycles. The number of nitrogens with zero attached hydrogens (tertiary/aromatic N) is 4. The Kier molecular flexibility index (Phi) is 4.63. The molecule has 0 aliphatic rings. The van der Waals surface area contributed by atoms with Gasteiger partial charge in [0.25, 0.3) is 5.13 Å². The third kappa shape index (κ3) is 3.59. The van der Waals surface area contributed by atoms with Gasteiger partial charge in [0.15, 0.2) is 3.95 Å². The van der Waals surface area contributed by atoms with E-state index in [-0.39, 0.29) is 0 Å². The third-order valence-electron chi connectivity index (χ3n) is 2.69. The molecular formula is C14H8Cl2N4S2. The first-order chi connectivity index (χ1) is 10.6. The summed E-state index contributed by atoms with van der Waals surface area (Å²) in [6, 6.07) is 14.3. The minimum atomic E-state index is 0.481. The van der Waals surface area contributed by atoms with Crippen molar-refractivity contribution in [3.63, 3.8) is 0 Å². The summed E-state index contributed by atoms with van der Waals surface area (Å²) in [4.78, 5) is 0. The second-order valence-electron chi connectivity index (χ2n) is 4.22. The third-order valence-corrected chi connectivity index (χ3v) is 4.31. The van der Waals surface area contributed by atoms with Gasteiger partial charge in [-0.25, -0.2) is 4.68 Å². The molecule has 0 radical (unpaired) electrons. The summed E-state index contributed by atoms with van der Waals surface area (Å²) >= 11 is 18.3. The van der Waals surface area contributed by atoms with Gasteiger partial charge in [-0.3, -0.25) is 0 Å². The number of benzene rings is 2. The smallest absolute Gasteiger partial charge is 0.210 e. The maximum atomic E-state index is 5.88. The minimum Gasteiger partial charge on any atom is -0.210 e. The number of halogens is 2. The number of hydrogen-bond acceptors (Lipinski definition) is 5. The van der Waals surface area contributed by atoms with Gasteiger partial charge in [0, 0.05) is 10.0 Å². The summed E-state index contributed by atoms with van der Waals surface area (Å²) < 4.78 is 2.22. The highest BCUT2D eigenvalue weighted by molar-refractivity contribution is 7.73. The number of rotatable bonds is 3. The summed E-state index contributed by atoms with van der Waals surface area (Å²) in [5.41, 5.74) is 1.53. The van der Waals surface area contributed by atoms with Gasteiger partial charge in [-0.2, -0.15) is 0 Å². The molecule has 22 heavy (non-hydrogen) atoms. The summed E-state index contributed by atoms with van der Waals surface area (Å²) in [5, 5.41) is 14.4. The van der Waals surface area contributed by atoms with Crippen LogP contribution in [0.4, 0.5) is 10.8 Å². The van der Waals surface area contributed by atoms with E-state index in [0.29, 0.717) is 24.8 Å². The van der Waals surface area contributed by atoms with Crippen molar-refractivity contribution in [3.05, 3.63) is 62.5 Å². The highest BCUT2D eigenvalue weighted by atomic mass is 35.5. The largest absolute Gasteiger partial charge is 0.251 e. The fraction of sp³-hybridized carbons (Fsp3) is 0. The molecule has 8 heteroatoms. The Bertz CT molecular complexity index is 867. The number of azo groups is 1. The molecule has 0 bridgehead atoms. The highest BCUT2D eigenvalue weighted by Gasteiger charge is 2.05. The van der Waals surface area contributed by atoms with Crippen LogP contribution in [0.2, 0.25) is 10.0 Å². The van der Waals surface area contributed by atoms with Gasteiger partial charge in [0.1, 0.15) is 0 Å². The summed E-state index contributed by atoms with van der Waals surface area (Å²) in [6.07, 6.45) is 0. The lowest BCUT2D eigenvalue weighted by Gasteiger charge is -1.99. The Balaban J connectivity index is 1.87. The van der Waals surface area contributed by atoms with Crippen molar-refractivity contribution in [1.82, 2.24) is 9.78 Å². The van der Waals surface area contributed by atoms with E-state index in [4.69, 9.17) is 35.4 Å². The van der Waals surface area contributed by atoms with Crippen LogP contribution in [0.1, 0.15) is 0 Å². The number of aromatic nitrogens is 2. The fourth-order valence-electron chi connectivity index (χ4n) is 1.66. The van der Waals surface area contributed by atoms with Crippen molar-refractivity contribution >= 4 is 57.6 Å². The zero-order chi connectivity index (χ0) is 15.5. The molecule has 0 fully saturated rings. The maximum absolute atomic E-state index is 5.88. The molecule has 3 aromatic rings. The summed E-state index contributed by atoms with van der Waals surface area (Å²) in [5.74, 6) is 0. The second kappa shape index (κ2) is 6.66. The van der Waals surface area contributed by atoms with Crippen LogP contribution < -0.4 is 0 Å². The molecule has 0 unspecified atom stereocenters. The average Bonchev–Trinajstić information content (AvgIpc) is 2.89. The summed E-state index contributed by atoms with van der Waals surface area (Å²) in [7, 11) is 0. The molecule has 1 aromatic heterocycles. The standard InChI is InChI=1S/C14H8Cl2N4S2/c15-9-1-5-11(6-2-9)17-18-13-19-20(14(21)22-13)12-7-3-10(16)4-8-12/h1-8H. The zero-order valence-electron chi connectivity index (χ0n) is 11.0. The van der Waals surface area contributed by atoms with Crippen LogP contribution in [0, 0.1) is 3.95 Å². The predicted octanol–water partition coefficient (Wildman–Crippen LogP) is 6.39. The van der Waals surface area contributed by atoms with Gasteiger partial charge in [0.2, 0.25) is 0 Å². The van der Waals surface area contributed by atoms with E-state index in [9.17, 15) is 0 Å². The van der Waals surface area contributed by atoms with Crippen LogP contribution >= 0.6 is 46.8 Å². The first-order valence-electron chi connectivity index (χ1n) is 6.15. The average molecular weight is 367 g/mol. The molecule has 1 heterocycles. The Hall–Kier alpha value is -1.60. The Morgan fingerprint density at radius 3 is 2.14 bits per heavy atom. The van der Waals surface area contributed by atoms with Crippen LogP contribution in [0.25, 0.3) is 5.69 Å². The highest BCUT2D eigenvalue weighted by Crippen LogP contribution is 2.24. The molecule has 0 aliphatic carbocycles. The van der Waals surface area contributed by atoms with Crippen LogP contribution in [0.3, 0.4) is 0 Å². The van der Waals surface area contributed by atoms with Crippen LogP contribution in [-0.4, -0.2) is 9.78 Å². The quantitative estimate of drug-likeness (QED) is 0.398. The van der Waals surface area contributed by atoms with E-state index < -0.39 is 0 Å². The van der Waals surface area contributed by atoms with E-state index in [1.165, 1.54) is 11.3 Å². The molecule has 0 N–H and O–H groups in total. The Morgan fingerprint density at radius 1 is 0.909 bits per heavy atom. The monoisotopic (exact) mass is 366 g/mol. The molecule has 0 amide bonds. The molecule has 0 spiro atoms. The normalized spacial score (nSPS) is 11.2. The van der Waals surface area contributed by atoms with Gasteiger partial charge >= 0.3 is 0 Å². The lowest BCUT2D eigenvalue weighted by Crippen LogP contribution is -1.94. The number of hydrogen-bond donors (Lipinski definition) is 0. The summed E-state index contributed by atoms with van der Waals surface area (Å²) in [6.45, 7) is 0. The van der Waals surface area contributed by atoms with Crippen LogP contribution in [-0.2, 0) is 0 Å². The van der Waals surface area contributed by atoms with E-state index in [0.717, 1.165) is 5.69 Å². The lowest BCUT2D eigenvalue weighted by molar-refractivity contribution is 0.865. The lowest BCUT2D eigenvalue weighted by atomic mass is 10.3. The molecule has 110 valence electrons. The van der Waals surface area contributed by atoms with Crippen molar-refractivity contribution in [3.8, 4) is 5.69 Å². The minimum absolute atomic E-state index is 0.481. The Morgan fingerprint density at radius 2 is 1.50 bits per heavy atom. The molecular weight excluding hydrogens is 359 g/mol. The molecule has 0 aliphatic heterocycles. The molecule has 0 atom stereocenters. The van der Waals surface area contributed by atoms with Crippen molar-refractivity contribution < 1.29 is 0 Å². The molecule has 2 aromatic carbocycles. The molecule has 0 saturated carbocycles. The van der Waals surface area contributed by atoms with E-state index in [1.807, 2.05) is 12.1 Å². The van der Waals surface area contributed by atoms with Gasteiger partial charge < -0.3 is 0 Å². The van der Waals surface area contributed by atoms with Crippen molar-refractivity contribution in [2.24, 2.45) is 10.2 Å². The first kappa shape index (κ1) is 15.3. The van der Waals surface area contributed by atoms with Gasteiger partial charge in [-0.05, 0) is 60.7 Å². The van der Waals surface area contributed by atoms with Crippen LogP contribution in [0.15, 0.2) is 58.8 Å². The molecule has 3 rings (SSSR count). The zero-order valence-corrected chi connectivity index (χ0v) is 14.1. The van der Waals surface area contributed by atoms with E-state index >= 15 is 0 Å². The van der Waals surface area contributed by atoms with Crippen molar-refractivity contribution in [1.29, 1.82) is 0 Å². The Labute approximate surface area is 145 Å². The van der Waals surface area contributed by atoms with Gasteiger partial charge in [-0.15, -0.1) is 15.3 Å². The topological polar surface area (TPSA) is 42.5 Å². The van der Waals surface area contributed by atoms with Gasteiger partial charge in [-0.1, -0.05) is 34.5 Å². The van der Waals surface area contributed by atoms with Crippen LogP contribution in [0.5, 0.6) is 0 Å². The van der Waals surface area contributed by atoms with E-state index in [2.05, 4.69) is 15.3 Å². The SMILES string of the molecule is S=c1sc(N=Nc2ccc(Cl)cc2)nn1-c1ccc(Cl)cc1. The molecule has 4 nitrogen and oxygen atoms in total. The fourth-order valence-corrected chi connectivity index (χ4v) is 2.88.